The van der Waals surface area contributed by atoms with Gasteiger partial charge in [-0.2, -0.15) is 0 Å². The second-order valence-electron chi connectivity index (χ2n) is 4.68. The summed E-state index contributed by atoms with van der Waals surface area (Å²) in [6, 6.07) is 1.04. The Morgan fingerprint density at radius 1 is 1.24 bits per heavy atom. The molecule has 0 amide bonds. The molecule has 3 N–H and O–H groups in total. The number of aryl methyl sites for hydroxylation is 1. The highest BCUT2D eigenvalue weighted by atomic mass is 32.2. The topological polar surface area (TPSA) is 106 Å². The molecule has 0 aliphatic heterocycles. The van der Waals surface area contributed by atoms with Crippen molar-refractivity contribution in [2.24, 2.45) is 0 Å². The summed E-state index contributed by atoms with van der Waals surface area (Å²) in [5, 5.41) is 0. The molecule has 6 nitrogen and oxygen atoms in total. The minimum absolute atomic E-state index is 0.0592. The van der Waals surface area contributed by atoms with E-state index in [0.717, 1.165) is 6.07 Å². The number of benzene rings is 1. The predicted molar refractivity (Wildman–Crippen MR) is 79.8 cm³/mol. The van der Waals surface area contributed by atoms with Crippen LogP contribution in [0, 0.1) is 19.7 Å². The Kier molecular flexibility index (Phi) is 5.35. The molecule has 0 atom stereocenters. The fourth-order valence-corrected chi connectivity index (χ4v) is 4.23. The van der Waals surface area contributed by atoms with Gasteiger partial charge in [0, 0.05) is 12.3 Å². The van der Waals surface area contributed by atoms with E-state index in [1.807, 2.05) is 0 Å². The van der Waals surface area contributed by atoms with Gasteiger partial charge in [0.25, 0.3) is 0 Å². The summed E-state index contributed by atoms with van der Waals surface area (Å²) in [5.74, 6) is -1.04. The van der Waals surface area contributed by atoms with Gasteiger partial charge in [0.2, 0.25) is 10.0 Å². The summed E-state index contributed by atoms with van der Waals surface area (Å²) in [7, 11) is -7.22. The van der Waals surface area contributed by atoms with Gasteiger partial charge in [-0.1, -0.05) is 6.92 Å². The van der Waals surface area contributed by atoms with Crippen molar-refractivity contribution in [1.29, 1.82) is 0 Å². The Balaban J connectivity index is 3.08. The quantitative estimate of drug-likeness (QED) is 0.744. The molecular formula is C12H19FN2O4S2. The van der Waals surface area contributed by atoms with E-state index in [0.29, 0.717) is 0 Å². The maximum Gasteiger partial charge on any atom is 0.241 e. The van der Waals surface area contributed by atoms with Crippen LogP contribution in [0.2, 0.25) is 0 Å². The maximum absolute atomic E-state index is 13.4. The van der Waals surface area contributed by atoms with Crippen LogP contribution in [0.5, 0.6) is 0 Å². The van der Waals surface area contributed by atoms with E-state index in [1.165, 1.54) is 20.8 Å². The first kappa shape index (κ1) is 17.9. The van der Waals surface area contributed by atoms with E-state index in [4.69, 9.17) is 5.73 Å². The summed E-state index contributed by atoms with van der Waals surface area (Å²) in [6.07, 6.45) is 0. The molecule has 9 heteroatoms. The molecule has 0 saturated heterocycles. The molecule has 0 fully saturated rings. The predicted octanol–water partition coefficient (Wildman–Crippen LogP) is 0.738. The van der Waals surface area contributed by atoms with Gasteiger partial charge in [0.1, 0.15) is 5.82 Å². The lowest BCUT2D eigenvalue weighted by Gasteiger charge is -2.14. The third-order valence-corrected chi connectivity index (χ3v) is 6.57. The van der Waals surface area contributed by atoms with Crippen LogP contribution >= 0.6 is 0 Å². The SMILES string of the molecule is CCS(=O)(=O)CCNS(=O)(=O)c1c(C)cc(F)c(N)c1C. The maximum atomic E-state index is 13.4. The van der Waals surface area contributed by atoms with Crippen molar-refractivity contribution in [2.45, 2.75) is 25.7 Å². The van der Waals surface area contributed by atoms with Gasteiger partial charge in [-0.3, -0.25) is 0 Å². The van der Waals surface area contributed by atoms with Crippen LogP contribution in [-0.4, -0.2) is 34.9 Å². The Morgan fingerprint density at radius 3 is 2.33 bits per heavy atom. The second-order valence-corrected chi connectivity index (χ2v) is 8.85. The number of hydrogen-bond acceptors (Lipinski definition) is 5. The highest BCUT2D eigenvalue weighted by molar-refractivity contribution is 7.91. The largest absolute Gasteiger partial charge is 0.396 e. The number of rotatable bonds is 6. The van der Waals surface area contributed by atoms with Gasteiger partial charge in [-0.25, -0.2) is 25.9 Å². The zero-order valence-electron chi connectivity index (χ0n) is 12.1. The van der Waals surface area contributed by atoms with E-state index in [1.54, 1.807) is 0 Å². The molecule has 0 heterocycles. The number of halogens is 1. The fraction of sp³-hybridized carbons (Fsp3) is 0.500. The lowest BCUT2D eigenvalue weighted by molar-refractivity contribution is 0.579. The van der Waals surface area contributed by atoms with Crippen LogP contribution in [0.3, 0.4) is 0 Å². The van der Waals surface area contributed by atoms with Crippen LogP contribution in [0.4, 0.5) is 10.1 Å². The number of anilines is 1. The molecule has 21 heavy (non-hydrogen) atoms. The standard InChI is InChI=1S/C12H19FN2O4S2/c1-4-20(16,17)6-5-15-21(18,19)12-8(2)7-10(13)11(14)9(12)3/h7,15H,4-6,14H2,1-3H3. The molecule has 0 unspecified atom stereocenters. The van der Waals surface area contributed by atoms with Gasteiger partial charge in [-0.05, 0) is 31.0 Å². The fourth-order valence-electron chi connectivity index (χ4n) is 1.89. The molecular weight excluding hydrogens is 319 g/mol. The zero-order chi connectivity index (χ0) is 16.4. The molecule has 1 aromatic carbocycles. The van der Waals surface area contributed by atoms with Crippen molar-refractivity contribution in [3.8, 4) is 0 Å². The third-order valence-electron chi connectivity index (χ3n) is 3.12. The average Bonchev–Trinajstić information content (AvgIpc) is 2.35. The summed E-state index contributed by atoms with van der Waals surface area (Å²) in [6.45, 7) is 4.10. The zero-order valence-corrected chi connectivity index (χ0v) is 13.7. The molecule has 0 aromatic heterocycles. The highest BCUT2D eigenvalue weighted by Crippen LogP contribution is 2.27. The smallest absolute Gasteiger partial charge is 0.241 e. The van der Waals surface area contributed by atoms with Gasteiger partial charge < -0.3 is 5.73 Å². The van der Waals surface area contributed by atoms with Crippen molar-refractivity contribution in [2.75, 3.05) is 23.8 Å². The summed E-state index contributed by atoms with van der Waals surface area (Å²) in [4.78, 5) is -0.115. The minimum Gasteiger partial charge on any atom is -0.396 e. The van der Waals surface area contributed by atoms with Crippen LogP contribution in [0.1, 0.15) is 18.1 Å². The lowest BCUT2D eigenvalue weighted by atomic mass is 10.1. The number of hydrogen-bond donors (Lipinski definition) is 2. The van der Waals surface area contributed by atoms with Crippen molar-refractivity contribution in [3.63, 3.8) is 0 Å². The first-order chi connectivity index (χ1) is 9.52. The van der Waals surface area contributed by atoms with Gasteiger partial charge >= 0.3 is 0 Å². The van der Waals surface area contributed by atoms with E-state index >= 15 is 0 Å². The number of nitrogens with two attached hydrogens (primary N) is 1. The van der Waals surface area contributed by atoms with Crippen LogP contribution in [0.15, 0.2) is 11.0 Å². The number of nitrogens with one attached hydrogen (secondary N) is 1. The molecule has 1 rings (SSSR count). The van der Waals surface area contributed by atoms with Crippen LogP contribution in [0.25, 0.3) is 0 Å². The normalized spacial score (nSPS) is 12.6. The van der Waals surface area contributed by atoms with Crippen molar-refractivity contribution in [3.05, 3.63) is 23.0 Å². The highest BCUT2D eigenvalue weighted by Gasteiger charge is 2.23. The molecule has 0 aliphatic carbocycles. The molecule has 0 radical (unpaired) electrons. The monoisotopic (exact) mass is 338 g/mol. The van der Waals surface area contributed by atoms with Gasteiger partial charge in [-0.15, -0.1) is 0 Å². The number of sulfone groups is 1. The van der Waals surface area contributed by atoms with E-state index in [2.05, 4.69) is 4.72 Å². The Bertz CT molecular complexity index is 743. The van der Waals surface area contributed by atoms with Crippen molar-refractivity contribution < 1.29 is 21.2 Å². The summed E-state index contributed by atoms with van der Waals surface area (Å²) >= 11 is 0. The van der Waals surface area contributed by atoms with Gasteiger partial charge in [0.15, 0.2) is 9.84 Å². The first-order valence-electron chi connectivity index (χ1n) is 6.27. The van der Waals surface area contributed by atoms with Gasteiger partial charge in [0.05, 0.1) is 16.3 Å². The van der Waals surface area contributed by atoms with Crippen molar-refractivity contribution in [1.82, 2.24) is 4.72 Å². The number of nitrogen functional groups attached to an aromatic ring is 1. The first-order valence-corrected chi connectivity index (χ1v) is 9.57. The molecule has 1 aromatic rings. The van der Waals surface area contributed by atoms with E-state index in [-0.39, 0.29) is 39.8 Å². The minimum atomic E-state index is -3.95. The number of sulfonamides is 1. The molecule has 0 bridgehead atoms. The van der Waals surface area contributed by atoms with E-state index in [9.17, 15) is 21.2 Å². The van der Waals surface area contributed by atoms with Crippen LogP contribution in [-0.2, 0) is 19.9 Å². The Hall–Kier alpha value is -1.19. The summed E-state index contributed by atoms with van der Waals surface area (Å²) in [5.41, 5.74) is 5.59. The molecule has 120 valence electrons. The van der Waals surface area contributed by atoms with E-state index < -0.39 is 25.7 Å². The Morgan fingerprint density at radius 2 is 1.81 bits per heavy atom. The molecule has 0 saturated carbocycles. The Labute approximate surface area is 124 Å². The molecule has 0 spiro atoms. The third kappa shape index (κ3) is 4.14. The van der Waals surface area contributed by atoms with Crippen molar-refractivity contribution >= 4 is 25.5 Å². The second kappa shape index (κ2) is 6.29. The van der Waals surface area contributed by atoms with Crippen LogP contribution < -0.4 is 10.5 Å². The lowest BCUT2D eigenvalue weighted by Crippen LogP contribution is -2.31. The average molecular weight is 338 g/mol. The molecule has 0 aliphatic rings. The summed E-state index contributed by atoms with van der Waals surface area (Å²) < 4.78 is 62.8.